The molecule has 57 valence electrons. The second-order valence-corrected chi connectivity index (χ2v) is 2.76. The first-order valence-corrected chi connectivity index (χ1v) is 3.74. The summed E-state index contributed by atoms with van der Waals surface area (Å²) < 4.78 is 0. The highest BCUT2D eigenvalue weighted by Gasteiger charge is 2.03. The molecule has 0 saturated carbocycles. The molecule has 1 radical (unpaired) electrons. The molecule has 1 rings (SSSR count). The first-order chi connectivity index (χ1) is 4.79. The molecule has 1 N–H and O–H groups in total. The lowest BCUT2D eigenvalue weighted by Gasteiger charge is -2.26. The molecule has 1 aliphatic rings. The highest BCUT2D eigenvalue weighted by atomic mass is 15.2. The lowest BCUT2D eigenvalue weighted by atomic mass is 10.3. The van der Waals surface area contributed by atoms with Crippen LogP contribution in [0, 0.1) is 6.92 Å². The molecule has 1 fully saturated rings. The number of piperazine rings is 1. The van der Waals surface area contributed by atoms with Gasteiger partial charge in [-0.1, -0.05) is 5.57 Å². The van der Waals surface area contributed by atoms with Crippen molar-refractivity contribution in [1.29, 1.82) is 0 Å². The zero-order chi connectivity index (χ0) is 7.40. The minimum atomic E-state index is 1.10. The van der Waals surface area contributed by atoms with Gasteiger partial charge in [0.2, 0.25) is 0 Å². The molecule has 0 bridgehead atoms. The second-order valence-electron chi connectivity index (χ2n) is 2.76. The van der Waals surface area contributed by atoms with E-state index in [0.717, 1.165) is 31.8 Å². The van der Waals surface area contributed by atoms with Crippen molar-refractivity contribution >= 4 is 0 Å². The molecule has 0 aliphatic carbocycles. The first kappa shape index (κ1) is 7.61. The van der Waals surface area contributed by atoms with E-state index in [-0.39, 0.29) is 0 Å². The Kier molecular flexibility index (Phi) is 2.75. The maximum Gasteiger partial charge on any atom is 0.0298 e. The lowest BCUT2D eigenvalue weighted by Crippen LogP contribution is -2.40. The Balaban J connectivity index is 2.33. The summed E-state index contributed by atoms with van der Waals surface area (Å²) in [6.07, 6.45) is 2.13. The van der Waals surface area contributed by atoms with E-state index in [9.17, 15) is 0 Å². The van der Waals surface area contributed by atoms with Gasteiger partial charge in [-0.05, 0) is 20.0 Å². The molecule has 0 unspecified atom stereocenters. The van der Waals surface area contributed by atoms with E-state index >= 15 is 0 Å². The van der Waals surface area contributed by atoms with Crippen LogP contribution in [-0.2, 0) is 0 Å². The SMILES string of the molecule is [CH2]/C(C)=C/N1CCNCC1. The highest BCUT2D eigenvalue weighted by molar-refractivity contribution is 5.00. The summed E-state index contributed by atoms with van der Waals surface area (Å²) in [5.74, 6) is 0. The van der Waals surface area contributed by atoms with E-state index in [4.69, 9.17) is 0 Å². The molecule has 0 spiro atoms. The molecule has 10 heavy (non-hydrogen) atoms. The molecular weight excluding hydrogens is 124 g/mol. The maximum absolute atomic E-state index is 3.83. The summed E-state index contributed by atoms with van der Waals surface area (Å²) in [7, 11) is 0. The van der Waals surface area contributed by atoms with Crippen LogP contribution in [0.5, 0.6) is 0 Å². The van der Waals surface area contributed by atoms with Crippen molar-refractivity contribution in [2.24, 2.45) is 0 Å². The number of hydrogen-bond donors (Lipinski definition) is 1. The highest BCUT2D eigenvalue weighted by Crippen LogP contribution is 1.96. The largest absolute Gasteiger partial charge is 0.375 e. The fraction of sp³-hybridized carbons (Fsp3) is 0.625. The Labute approximate surface area is 62.9 Å². The Morgan fingerprint density at radius 3 is 2.60 bits per heavy atom. The van der Waals surface area contributed by atoms with Gasteiger partial charge < -0.3 is 10.2 Å². The van der Waals surface area contributed by atoms with Gasteiger partial charge in [-0.15, -0.1) is 0 Å². The third kappa shape index (κ3) is 2.40. The van der Waals surface area contributed by atoms with E-state index in [2.05, 4.69) is 23.3 Å². The zero-order valence-electron chi connectivity index (χ0n) is 6.56. The fourth-order valence-electron chi connectivity index (χ4n) is 1.12. The standard InChI is InChI=1S/C8H15N2/c1-8(2)7-10-5-3-9-4-6-10/h7,9H,1,3-6H2,2H3/b8-7-. The lowest BCUT2D eigenvalue weighted by molar-refractivity contribution is 0.322. The quantitative estimate of drug-likeness (QED) is 0.573. The Morgan fingerprint density at radius 2 is 2.10 bits per heavy atom. The minimum Gasteiger partial charge on any atom is -0.375 e. The second kappa shape index (κ2) is 3.62. The molecule has 0 aromatic carbocycles. The summed E-state index contributed by atoms with van der Waals surface area (Å²) >= 11 is 0. The first-order valence-electron chi connectivity index (χ1n) is 3.74. The normalized spacial score (nSPS) is 21.4. The number of nitrogens with one attached hydrogen (secondary N) is 1. The van der Waals surface area contributed by atoms with Gasteiger partial charge in [0.25, 0.3) is 0 Å². The van der Waals surface area contributed by atoms with Crippen LogP contribution in [0.3, 0.4) is 0 Å². The monoisotopic (exact) mass is 139 g/mol. The molecule has 2 nitrogen and oxygen atoms in total. The van der Waals surface area contributed by atoms with Crippen molar-refractivity contribution in [3.63, 3.8) is 0 Å². The smallest absolute Gasteiger partial charge is 0.0298 e. The van der Waals surface area contributed by atoms with Gasteiger partial charge in [-0.25, -0.2) is 0 Å². The van der Waals surface area contributed by atoms with Crippen LogP contribution in [0.4, 0.5) is 0 Å². The topological polar surface area (TPSA) is 15.3 Å². The van der Waals surface area contributed by atoms with E-state index in [1.165, 1.54) is 0 Å². The third-order valence-corrected chi connectivity index (χ3v) is 1.55. The van der Waals surface area contributed by atoms with Gasteiger partial charge in [0.1, 0.15) is 0 Å². The molecule has 1 aliphatic heterocycles. The molecule has 0 atom stereocenters. The zero-order valence-corrected chi connectivity index (χ0v) is 6.56. The number of allylic oxidation sites excluding steroid dienone is 1. The van der Waals surface area contributed by atoms with Gasteiger partial charge in [-0.2, -0.15) is 0 Å². The van der Waals surface area contributed by atoms with Gasteiger partial charge in [-0.3, -0.25) is 0 Å². The van der Waals surface area contributed by atoms with Crippen LogP contribution in [0.2, 0.25) is 0 Å². The van der Waals surface area contributed by atoms with Crippen LogP contribution in [0.25, 0.3) is 0 Å². The van der Waals surface area contributed by atoms with E-state index < -0.39 is 0 Å². The Bertz CT molecular complexity index is 119. The molecular formula is C8H15N2. The fourth-order valence-corrected chi connectivity index (χ4v) is 1.12. The number of nitrogens with zero attached hydrogens (tertiary/aromatic N) is 1. The third-order valence-electron chi connectivity index (χ3n) is 1.55. The van der Waals surface area contributed by atoms with Crippen molar-refractivity contribution < 1.29 is 0 Å². The maximum atomic E-state index is 3.83. The Morgan fingerprint density at radius 1 is 1.50 bits per heavy atom. The van der Waals surface area contributed by atoms with Gasteiger partial charge in [0.15, 0.2) is 0 Å². The van der Waals surface area contributed by atoms with Crippen molar-refractivity contribution in [2.75, 3.05) is 26.2 Å². The number of hydrogen-bond acceptors (Lipinski definition) is 2. The van der Waals surface area contributed by atoms with Gasteiger partial charge in [0.05, 0.1) is 0 Å². The predicted molar refractivity (Wildman–Crippen MR) is 43.6 cm³/mol. The van der Waals surface area contributed by atoms with Crippen LogP contribution in [-0.4, -0.2) is 31.1 Å². The molecule has 0 amide bonds. The van der Waals surface area contributed by atoms with E-state index in [0.29, 0.717) is 0 Å². The summed E-state index contributed by atoms with van der Waals surface area (Å²) in [5.41, 5.74) is 1.14. The summed E-state index contributed by atoms with van der Waals surface area (Å²) in [6.45, 7) is 10.3. The minimum absolute atomic E-state index is 1.10. The van der Waals surface area contributed by atoms with Crippen molar-refractivity contribution in [3.05, 3.63) is 18.7 Å². The van der Waals surface area contributed by atoms with Gasteiger partial charge >= 0.3 is 0 Å². The van der Waals surface area contributed by atoms with Crippen LogP contribution in [0.15, 0.2) is 11.8 Å². The molecule has 1 saturated heterocycles. The van der Waals surface area contributed by atoms with Crippen LogP contribution in [0.1, 0.15) is 6.92 Å². The van der Waals surface area contributed by atoms with Crippen LogP contribution >= 0.6 is 0 Å². The molecule has 1 heterocycles. The Hall–Kier alpha value is -0.500. The van der Waals surface area contributed by atoms with Crippen molar-refractivity contribution in [2.45, 2.75) is 6.92 Å². The average molecular weight is 139 g/mol. The molecule has 0 aromatic heterocycles. The predicted octanol–water partition coefficient (Wildman–Crippen LogP) is 0.629. The summed E-state index contributed by atoms with van der Waals surface area (Å²) in [6, 6.07) is 0. The molecule has 2 heteroatoms. The van der Waals surface area contributed by atoms with Crippen molar-refractivity contribution in [3.8, 4) is 0 Å². The summed E-state index contributed by atoms with van der Waals surface area (Å²) in [4.78, 5) is 2.30. The van der Waals surface area contributed by atoms with Crippen molar-refractivity contribution in [1.82, 2.24) is 10.2 Å². The summed E-state index contributed by atoms with van der Waals surface area (Å²) in [5, 5.41) is 3.30. The average Bonchev–Trinajstić information content (AvgIpc) is 1.88. The van der Waals surface area contributed by atoms with Gasteiger partial charge in [0, 0.05) is 26.2 Å². The number of rotatable bonds is 1. The molecule has 0 aromatic rings. The van der Waals surface area contributed by atoms with E-state index in [1.54, 1.807) is 0 Å². The van der Waals surface area contributed by atoms with E-state index in [1.807, 2.05) is 6.92 Å². The van der Waals surface area contributed by atoms with Crippen LogP contribution < -0.4 is 5.32 Å².